The first-order chi connectivity index (χ1) is 10.5. The number of piperidine rings is 1. The summed E-state index contributed by atoms with van der Waals surface area (Å²) in [6.45, 7) is 3.22. The van der Waals surface area contributed by atoms with Gasteiger partial charge >= 0.3 is 6.03 Å². The van der Waals surface area contributed by atoms with Gasteiger partial charge in [0.15, 0.2) is 0 Å². The summed E-state index contributed by atoms with van der Waals surface area (Å²) in [5.41, 5.74) is 1.01. The summed E-state index contributed by atoms with van der Waals surface area (Å²) >= 11 is 1.64. The molecule has 2 fully saturated rings. The SMILES string of the molecule is Cc1csc([C@H]2CCCN(C(=O)CN3CC(=O)NC3=O)C2)n1. The van der Waals surface area contributed by atoms with E-state index in [0.717, 1.165) is 23.5 Å². The lowest BCUT2D eigenvalue weighted by atomic mass is 9.98. The fourth-order valence-corrected chi connectivity index (χ4v) is 3.76. The van der Waals surface area contributed by atoms with Crippen molar-refractivity contribution in [3.63, 3.8) is 0 Å². The molecule has 118 valence electrons. The van der Waals surface area contributed by atoms with Gasteiger partial charge in [-0.05, 0) is 19.8 Å². The smallest absolute Gasteiger partial charge is 0.325 e. The Morgan fingerprint density at radius 2 is 2.32 bits per heavy atom. The van der Waals surface area contributed by atoms with Crippen molar-refractivity contribution in [2.75, 3.05) is 26.2 Å². The molecule has 0 unspecified atom stereocenters. The van der Waals surface area contributed by atoms with E-state index < -0.39 is 6.03 Å². The van der Waals surface area contributed by atoms with Gasteiger partial charge in [0.25, 0.3) is 0 Å². The molecule has 1 atom stereocenters. The number of hydrogen-bond donors (Lipinski definition) is 1. The minimum Gasteiger partial charge on any atom is -0.340 e. The molecule has 1 N–H and O–H groups in total. The summed E-state index contributed by atoms with van der Waals surface area (Å²) in [5, 5.41) is 5.28. The van der Waals surface area contributed by atoms with E-state index in [1.54, 1.807) is 16.2 Å². The Morgan fingerprint density at radius 3 is 2.95 bits per heavy atom. The second-order valence-corrected chi connectivity index (χ2v) is 6.61. The van der Waals surface area contributed by atoms with E-state index in [0.29, 0.717) is 13.1 Å². The number of rotatable bonds is 3. The molecule has 0 aliphatic carbocycles. The maximum atomic E-state index is 12.4. The van der Waals surface area contributed by atoms with Crippen LogP contribution in [0.5, 0.6) is 0 Å². The number of carbonyl (C=O) groups excluding carboxylic acids is 3. The molecule has 22 heavy (non-hydrogen) atoms. The summed E-state index contributed by atoms with van der Waals surface area (Å²) < 4.78 is 0. The lowest BCUT2D eigenvalue weighted by Crippen LogP contribution is -2.45. The van der Waals surface area contributed by atoms with Crippen LogP contribution >= 0.6 is 11.3 Å². The van der Waals surface area contributed by atoms with Crippen molar-refractivity contribution in [2.24, 2.45) is 0 Å². The standard InChI is InChI=1S/C14H18N4O3S/c1-9-8-22-13(15-9)10-3-2-4-17(5-10)12(20)7-18-6-11(19)16-14(18)21/h8,10H,2-7H2,1H3,(H,16,19,21)/t10-/m0/s1. The van der Waals surface area contributed by atoms with Crippen molar-refractivity contribution in [2.45, 2.75) is 25.7 Å². The highest BCUT2D eigenvalue weighted by Crippen LogP contribution is 2.29. The minimum absolute atomic E-state index is 0.0342. The topological polar surface area (TPSA) is 82.6 Å². The third-order valence-corrected chi connectivity index (χ3v) is 5.08. The molecule has 8 heteroatoms. The average Bonchev–Trinajstić information content (AvgIpc) is 3.05. The highest BCUT2D eigenvalue weighted by molar-refractivity contribution is 7.09. The quantitative estimate of drug-likeness (QED) is 0.831. The Kier molecular flexibility index (Phi) is 4.10. The Hall–Kier alpha value is -1.96. The number of nitrogens with zero attached hydrogens (tertiary/aromatic N) is 3. The van der Waals surface area contributed by atoms with Gasteiger partial charge in [0.1, 0.15) is 13.1 Å². The van der Waals surface area contributed by atoms with Gasteiger partial charge in [-0.2, -0.15) is 0 Å². The maximum absolute atomic E-state index is 12.4. The van der Waals surface area contributed by atoms with Crippen LogP contribution in [-0.4, -0.2) is 58.8 Å². The van der Waals surface area contributed by atoms with E-state index in [9.17, 15) is 14.4 Å². The number of hydrogen-bond acceptors (Lipinski definition) is 5. The number of carbonyl (C=O) groups is 3. The number of amides is 4. The van der Waals surface area contributed by atoms with Crippen molar-refractivity contribution in [1.82, 2.24) is 20.1 Å². The maximum Gasteiger partial charge on any atom is 0.325 e. The Labute approximate surface area is 132 Å². The monoisotopic (exact) mass is 322 g/mol. The van der Waals surface area contributed by atoms with Gasteiger partial charge < -0.3 is 9.80 Å². The fourth-order valence-electron chi connectivity index (χ4n) is 2.84. The Balaban J connectivity index is 1.60. The number of nitrogens with one attached hydrogen (secondary N) is 1. The number of aromatic nitrogens is 1. The van der Waals surface area contributed by atoms with Crippen molar-refractivity contribution in [3.8, 4) is 0 Å². The summed E-state index contributed by atoms with van der Waals surface area (Å²) in [6.07, 6.45) is 1.96. The van der Waals surface area contributed by atoms with Gasteiger partial charge in [-0.15, -0.1) is 11.3 Å². The summed E-state index contributed by atoms with van der Waals surface area (Å²) in [6, 6.07) is -0.484. The van der Waals surface area contributed by atoms with Crippen LogP contribution in [0.1, 0.15) is 29.5 Å². The van der Waals surface area contributed by atoms with Crippen molar-refractivity contribution >= 4 is 29.2 Å². The van der Waals surface area contributed by atoms with Gasteiger partial charge in [0.05, 0.1) is 5.01 Å². The second kappa shape index (κ2) is 6.04. The fraction of sp³-hybridized carbons (Fsp3) is 0.571. The molecule has 2 aliphatic heterocycles. The van der Waals surface area contributed by atoms with E-state index in [1.807, 2.05) is 12.3 Å². The predicted molar refractivity (Wildman–Crippen MR) is 80.5 cm³/mol. The number of imide groups is 1. The molecular formula is C14H18N4O3S. The predicted octanol–water partition coefficient (Wildman–Crippen LogP) is 0.709. The highest BCUT2D eigenvalue weighted by atomic mass is 32.1. The molecule has 2 aliphatic rings. The molecule has 4 amide bonds. The van der Waals surface area contributed by atoms with Crippen LogP contribution in [0.4, 0.5) is 4.79 Å². The van der Waals surface area contributed by atoms with Gasteiger partial charge in [0, 0.05) is 30.1 Å². The molecular weight excluding hydrogens is 304 g/mol. The average molecular weight is 322 g/mol. The number of urea groups is 1. The number of thiazole rings is 1. The number of likely N-dealkylation sites (tertiary alicyclic amines) is 1. The van der Waals surface area contributed by atoms with E-state index in [4.69, 9.17) is 0 Å². The zero-order valence-electron chi connectivity index (χ0n) is 12.4. The van der Waals surface area contributed by atoms with Crippen LogP contribution in [0, 0.1) is 6.92 Å². The largest absolute Gasteiger partial charge is 0.340 e. The molecule has 0 spiro atoms. The molecule has 0 bridgehead atoms. The van der Waals surface area contributed by atoms with E-state index in [-0.39, 0.29) is 30.8 Å². The first-order valence-corrected chi connectivity index (χ1v) is 8.19. The first-order valence-electron chi connectivity index (χ1n) is 7.31. The molecule has 2 saturated heterocycles. The van der Waals surface area contributed by atoms with Crippen LogP contribution in [0.15, 0.2) is 5.38 Å². The van der Waals surface area contributed by atoms with Crippen LogP contribution in [0.25, 0.3) is 0 Å². The van der Waals surface area contributed by atoms with Gasteiger partial charge in [-0.25, -0.2) is 9.78 Å². The van der Waals surface area contributed by atoms with Gasteiger partial charge in [-0.3, -0.25) is 14.9 Å². The Morgan fingerprint density at radius 1 is 1.50 bits per heavy atom. The van der Waals surface area contributed by atoms with Crippen LogP contribution in [0.3, 0.4) is 0 Å². The van der Waals surface area contributed by atoms with Crippen LogP contribution in [0.2, 0.25) is 0 Å². The van der Waals surface area contributed by atoms with Gasteiger partial charge in [0.2, 0.25) is 11.8 Å². The highest BCUT2D eigenvalue weighted by Gasteiger charge is 2.32. The van der Waals surface area contributed by atoms with E-state index in [1.165, 1.54) is 4.90 Å². The van der Waals surface area contributed by atoms with Gasteiger partial charge in [-0.1, -0.05) is 0 Å². The first kappa shape index (κ1) is 15.0. The van der Waals surface area contributed by atoms with Crippen LogP contribution < -0.4 is 5.32 Å². The molecule has 0 radical (unpaired) electrons. The molecule has 0 saturated carbocycles. The molecule has 7 nitrogen and oxygen atoms in total. The summed E-state index contributed by atoms with van der Waals surface area (Å²) in [4.78, 5) is 42.6. The van der Waals surface area contributed by atoms with E-state index >= 15 is 0 Å². The summed E-state index contributed by atoms with van der Waals surface area (Å²) in [7, 11) is 0. The normalized spacial score (nSPS) is 22.1. The zero-order valence-corrected chi connectivity index (χ0v) is 13.2. The Bertz CT molecular complexity index is 615. The third kappa shape index (κ3) is 3.11. The molecule has 3 rings (SSSR count). The molecule has 3 heterocycles. The molecule has 1 aromatic rings. The van der Waals surface area contributed by atoms with Crippen LogP contribution in [-0.2, 0) is 9.59 Å². The zero-order chi connectivity index (χ0) is 15.7. The second-order valence-electron chi connectivity index (χ2n) is 5.72. The lowest BCUT2D eigenvalue weighted by Gasteiger charge is -2.32. The van der Waals surface area contributed by atoms with E-state index in [2.05, 4.69) is 10.3 Å². The third-order valence-electron chi connectivity index (χ3n) is 3.95. The molecule has 1 aromatic heterocycles. The summed E-state index contributed by atoms with van der Waals surface area (Å²) in [5.74, 6) is -0.194. The molecule has 0 aromatic carbocycles. The number of aryl methyl sites for hydroxylation is 1. The van der Waals surface area contributed by atoms with Crippen molar-refractivity contribution in [1.29, 1.82) is 0 Å². The van der Waals surface area contributed by atoms with Crippen molar-refractivity contribution in [3.05, 3.63) is 16.1 Å². The lowest BCUT2D eigenvalue weighted by molar-refractivity contribution is -0.132. The minimum atomic E-state index is -0.484. The van der Waals surface area contributed by atoms with Crippen molar-refractivity contribution < 1.29 is 14.4 Å².